The van der Waals surface area contributed by atoms with Crippen LogP contribution in [0.25, 0.3) is 0 Å². The first-order valence-electron chi connectivity index (χ1n) is 2.93. The van der Waals surface area contributed by atoms with Gasteiger partial charge in [-0.1, -0.05) is 0 Å². The third-order valence-corrected chi connectivity index (χ3v) is 3.19. The summed E-state index contributed by atoms with van der Waals surface area (Å²) in [5.74, 6) is -1.10. The Morgan fingerprint density at radius 3 is 1.86 bits per heavy atom. The van der Waals surface area contributed by atoms with Gasteiger partial charge in [-0.05, 0) is 18.0 Å². The van der Waals surface area contributed by atoms with Gasteiger partial charge < -0.3 is 14.2 Å². The van der Waals surface area contributed by atoms with Crippen molar-refractivity contribution in [2.45, 2.75) is 18.3 Å². The van der Waals surface area contributed by atoms with Gasteiger partial charge >= 0.3 is 59.1 Å². The molecule has 0 aliphatic carbocycles. The smallest absolute Gasteiger partial charge is 0.772 e. The van der Waals surface area contributed by atoms with E-state index < -0.39 is 38.3 Å². The second-order valence-corrected chi connectivity index (χ2v) is 4.84. The minimum Gasteiger partial charge on any atom is -0.772 e. The van der Waals surface area contributed by atoms with Crippen LogP contribution in [-0.4, -0.2) is 43.9 Å². The fourth-order valence-electron chi connectivity index (χ4n) is 0.557. The van der Waals surface area contributed by atoms with Crippen molar-refractivity contribution < 1.29 is 86.0 Å². The van der Waals surface area contributed by atoms with E-state index in [1.165, 1.54) is 0 Å². The van der Waals surface area contributed by atoms with Gasteiger partial charge in [-0.25, -0.2) is 8.42 Å². The van der Waals surface area contributed by atoms with Gasteiger partial charge in [0.2, 0.25) is 0 Å². The maximum absolute atomic E-state index is 10.3. The molecular formula is C4H8Na2O6S2. The Kier molecular flexibility index (Phi) is 13.8. The molecule has 0 aromatic carbocycles. The fourth-order valence-corrected chi connectivity index (χ4v) is 2.50. The Morgan fingerprint density at radius 2 is 1.79 bits per heavy atom. The molecule has 0 aromatic rings. The van der Waals surface area contributed by atoms with E-state index in [9.17, 15) is 21.7 Å². The molecule has 74 valence electrons. The van der Waals surface area contributed by atoms with Crippen molar-refractivity contribution in [3.8, 4) is 0 Å². The Balaban J connectivity index is -0.000000605. The quantitative estimate of drug-likeness (QED) is 0.305. The van der Waals surface area contributed by atoms with Crippen LogP contribution in [0.4, 0.5) is 0 Å². The second kappa shape index (κ2) is 9.06. The summed E-state index contributed by atoms with van der Waals surface area (Å²) in [5.41, 5.74) is 0. The summed E-state index contributed by atoms with van der Waals surface area (Å²) in [5, 5.41) is 7.20. The van der Waals surface area contributed by atoms with E-state index in [4.69, 9.17) is 5.11 Å². The average molecular weight is 262 g/mol. The van der Waals surface area contributed by atoms with Crippen LogP contribution in [0.3, 0.4) is 0 Å². The van der Waals surface area contributed by atoms with E-state index in [-0.39, 0.29) is 59.1 Å². The number of hydrogen-bond acceptors (Lipinski definition) is 6. The first-order chi connectivity index (χ1) is 5.24. The molecule has 0 aliphatic rings. The number of rotatable bonds is 4. The van der Waals surface area contributed by atoms with E-state index in [1.54, 1.807) is 0 Å². The van der Waals surface area contributed by atoms with E-state index in [0.29, 0.717) is 0 Å². The van der Waals surface area contributed by atoms with Gasteiger partial charge in [0, 0.05) is 0 Å². The average Bonchev–Trinajstić information content (AvgIpc) is 1.79. The largest absolute Gasteiger partial charge is 1.00 e. The monoisotopic (exact) mass is 262 g/mol. The summed E-state index contributed by atoms with van der Waals surface area (Å²) in [7, 11) is -4.62. The number of aliphatic hydroxyl groups excluding tert-OH is 1. The summed E-state index contributed by atoms with van der Waals surface area (Å²) in [6.07, 6.45) is -1.37. The van der Waals surface area contributed by atoms with Crippen LogP contribution in [0.2, 0.25) is 0 Å². The topological polar surface area (TPSA) is 118 Å². The molecule has 0 saturated heterocycles. The second-order valence-electron chi connectivity index (χ2n) is 2.26. The summed E-state index contributed by atoms with van der Waals surface area (Å²) in [6.45, 7) is 1.10. The molecule has 0 spiro atoms. The van der Waals surface area contributed by atoms with Crippen molar-refractivity contribution in [3.05, 3.63) is 0 Å². The van der Waals surface area contributed by atoms with E-state index in [0.717, 1.165) is 6.92 Å². The minimum absolute atomic E-state index is 0. The molecule has 0 aromatic heterocycles. The predicted octanol–water partition coefficient (Wildman–Crippen LogP) is -7.83. The van der Waals surface area contributed by atoms with Crippen molar-refractivity contribution >= 4 is 21.2 Å². The van der Waals surface area contributed by atoms with Crippen LogP contribution in [0, 0.1) is 0 Å². The molecule has 3 atom stereocenters. The molecule has 6 nitrogen and oxygen atoms in total. The number of aliphatic hydroxyl groups is 1. The van der Waals surface area contributed by atoms with E-state index >= 15 is 0 Å². The van der Waals surface area contributed by atoms with Crippen LogP contribution in [0.15, 0.2) is 0 Å². The zero-order valence-electron chi connectivity index (χ0n) is 8.17. The molecule has 0 heterocycles. The molecule has 0 aliphatic heterocycles. The molecule has 10 heteroatoms. The van der Waals surface area contributed by atoms with Crippen LogP contribution in [0.1, 0.15) is 6.92 Å². The zero-order valence-corrected chi connectivity index (χ0v) is 13.8. The molecule has 0 amide bonds. The molecule has 0 bridgehead atoms. The van der Waals surface area contributed by atoms with Crippen molar-refractivity contribution in [2.75, 3.05) is 5.75 Å². The van der Waals surface area contributed by atoms with Crippen LogP contribution in [-0.2, 0) is 21.2 Å². The molecule has 0 saturated carbocycles. The maximum atomic E-state index is 10.3. The van der Waals surface area contributed by atoms with Crippen LogP contribution in [0.5, 0.6) is 0 Å². The minimum atomic E-state index is -4.62. The van der Waals surface area contributed by atoms with Gasteiger partial charge in [-0.15, -0.1) is 0 Å². The first-order valence-corrected chi connectivity index (χ1v) is 5.65. The Morgan fingerprint density at radius 1 is 1.43 bits per heavy atom. The maximum Gasteiger partial charge on any atom is 1.00 e. The molecule has 3 unspecified atom stereocenters. The van der Waals surface area contributed by atoms with E-state index in [2.05, 4.69) is 0 Å². The van der Waals surface area contributed by atoms with Crippen molar-refractivity contribution in [3.63, 3.8) is 0 Å². The SMILES string of the molecule is CC(O)C(CS(=O)(=O)[O-])S(=O)[O-].[Na+].[Na+]. The predicted molar refractivity (Wildman–Crippen MR) is 39.0 cm³/mol. The van der Waals surface area contributed by atoms with Gasteiger partial charge in [-0.2, -0.15) is 0 Å². The standard InChI is InChI=1S/C4H10O6S2.2Na/c1-3(5)4(11(6)7)2-12(8,9)10;;/h3-5H,2H2,1H3,(H,6,7)(H,8,9,10);;/q;2*+1/p-2. The van der Waals surface area contributed by atoms with Crippen molar-refractivity contribution in [1.82, 2.24) is 0 Å². The van der Waals surface area contributed by atoms with Gasteiger partial charge in [0.1, 0.15) is 0 Å². The molecule has 0 radical (unpaired) electrons. The van der Waals surface area contributed by atoms with E-state index in [1.807, 2.05) is 0 Å². The summed E-state index contributed by atoms with van der Waals surface area (Å²) in [6, 6.07) is 0. The third kappa shape index (κ3) is 10.5. The van der Waals surface area contributed by atoms with Gasteiger partial charge in [-0.3, -0.25) is 4.21 Å². The van der Waals surface area contributed by atoms with Crippen LogP contribution >= 0.6 is 0 Å². The Bertz CT molecular complexity index is 263. The van der Waals surface area contributed by atoms with Gasteiger partial charge in [0.05, 0.1) is 27.2 Å². The summed E-state index contributed by atoms with van der Waals surface area (Å²) in [4.78, 5) is 0. The van der Waals surface area contributed by atoms with Crippen LogP contribution < -0.4 is 59.1 Å². The molecule has 0 rings (SSSR count). The molecular weight excluding hydrogens is 254 g/mol. The zero-order chi connectivity index (χ0) is 9.94. The summed E-state index contributed by atoms with van der Waals surface area (Å²) < 4.78 is 50.8. The molecule has 1 N–H and O–H groups in total. The van der Waals surface area contributed by atoms with Gasteiger partial charge in [0.25, 0.3) is 0 Å². The molecule has 0 fully saturated rings. The Labute approximate surface area is 129 Å². The normalized spacial score (nSPS) is 17.1. The van der Waals surface area contributed by atoms with Crippen molar-refractivity contribution in [1.29, 1.82) is 0 Å². The molecule has 14 heavy (non-hydrogen) atoms. The fraction of sp³-hybridized carbons (Fsp3) is 1.00. The Hall–Kier alpha value is 1.98. The third-order valence-electron chi connectivity index (χ3n) is 1.15. The number of hydrogen-bond donors (Lipinski definition) is 1. The van der Waals surface area contributed by atoms with Gasteiger partial charge in [0.15, 0.2) is 0 Å². The van der Waals surface area contributed by atoms with Crippen molar-refractivity contribution in [2.24, 2.45) is 0 Å². The summed E-state index contributed by atoms with van der Waals surface area (Å²) >= 11 is -2.76. The first kappa shape index (κ1) is 21.3.